The van der Waals surface area contributed by atoms with Crippen molar-refractivity contribution in [3.8, 4) is 5.75 Å². The molecule has 0 unspecified atom stereocenters. The number of halogens is 1. The molecule has 3 nitrogen and oxygen atoms in total. The van der Waals surface area contributed by atoms with E-state index in [0.717, 1.165) is 22.2 Å². The van der Waals surface area contributed by atoms with E-state index in [-0.39, 0.29) is 6.61 Å². The zero-order valence-electron chi connectivity index (χ0n) is 9.16. The molecule has 0 amide bonds. The fraction of sp³-hybridized carbons (Fsp3) is 0.250. The van der Waals surface area contributed by atoms with E-state index in [9.17, 15) is 4.79 Å². The highest BCUT2D eigenvalue weighted by Crippen LogP contribution is 2.25. The van der Waals surface area contributed by atoms with Gasteiger partial charge in [-0.3, -0.25) is 0 Å². The summed E-state index contributed by atoms with van der Waals surface area (Å²) in [5, 5.41) is 9.11. The quantitative estimate of drug-likeness (QED) is 0.823. The van der Waals surface area contributed by atoms with Gasteiger partial charge in [-0.15, -0.1) is 0 Å². The molecule has 0 heterocycles. The van der Waals surface area contributed by atoms with Crippen molar-refractivity contribution in [3.05, 3.63) is 40.4 Å². The first-order valence-electron chi connectivity index (χ1n) is 4.79. The van der Waals surface area contributed by atoms with Crippen LogP contribution in [0.25, 0.3) is 0 Å². The Labute approximate surface area is 99.3 Å². The second-order valence-electron chi connectivity index (χ2n) is 3.42. The molecule has 0 spiro atoms. The van der Waals surface area contributed by atoms with Gasteiger partial charge in [0.05, 0.1) is 0 Å². The van der Waals surface area contributed by atoms with Gasteiger partial charge in [-0.05, 0) is 43.2 Å². The van der Waals surface area contributed by atoms with Gasteiger partial charge in [0.15, 0.2) is 0 Å². The SMILES string of the molecule is Cc1cc(OC/C=C/C(=O)O)cc(C)c1Cl. The first-order valence-corrected chi connectivity index (χ1v) is 5.17. The number of carboxylic acid groups (broad SMARTS) is 1. The van der Waals surface area contributed by atoms with E-state index in [2.05, 4.69) is 0 Å². The number of carbonyl (C=O) groups is 1. The average molecular weight is 241 g/mol. The van der Waals surface area contributed by atoms with Gasteiger partial charge in [-0.2, -0.15) is 0 Å². The van der Waals surface area contributed by atoms with Crippen LogP contribution in [-0.4, -0.2) is 17.7 Å². The van der Waals surface area contributed by atoms with Crippen LogP contribution in [-0.2, 0) is 4.79 Å². The minimum absolute atomic E-state index is 0.229. The minimum Gasteiger partial charge on any atom is -0.490 e. The third kappa shape index (κ3) is 3.59. The van der Waals surface area contributed by atoms with Crippen LogP contribution in [0, 0.1) is 13.8 Å². The van der Waals surface area contributed by atoms with Crippen molar-refractivity contribution in [2.45, 2.75) is 13.8 Å². The van der Waals surface area contributed by atoms with Gasteiger partial charge in [0, 0.05) is 11.1 Å². The second kappa shape index (κ2) is 5.56. The largest absolute Gasteiger partial charge is 0.490 e. The molecule has 0 radical (unpaired) electrons. The monoisotopic (exact) mass is 240 g/mol. The predicted molar refractivity (Wildman–Crippen MR) is 63.2 cm³/mol. The Balaban J connectivity index is 2.65. The summed E-state index contributed by atoms with van der Waals surface area (Å²) in [6.07, 6.45) is 2.50. The van der Waals surface area contributed by atoms with E-state index in [0.29, 0.717) is 5.75 Å². The highest BCUT2D eigenvalue weighted by Gasteiger charge is 2.02. The summed E-state index contributed by atoms with van der Waals surface area (Å²) in [6.45, 7) is 4.03. The molecule has 0 aliphatic heterocycles. The third-order valence-electron chi connectivity index (χ3n) is 2.02. The first-order chi connectivity index (χ1) is 7.50. The van der Waals surface area contributed by atoms with Crippen LogP contribution in [0.15, 0.2) is 24.3 Å². The lowest BCUT2D eigenvalue weighted by Crippen LogP contribution is -1.96. The van der Waals surface area contributed by atoms with E-state index in [4.69, 9.17) is 21.4 Å². The van der Waals surface area contributed by atoms with E-state index >= 15 is 0 Å². The molecule has 1 N–H and O–H groups in total. The molecule has 0 aliphatic carbocycles. The number of hydrogen-bond donors (Lipinski definition) is 1. The van der Waals surface area contributed by atoms with Gasteiger partial charge < -0.3 is 9.84 Å². The van der Waals surface area contributed by atoms with Crippen LogP contribution in [0.5, 0.6) is 5.75 Å². The van der Waals surface area contributed by atoms with Crippen LogP contribution >= 0.6 is 11.6 Å². The summed E-state index contributed by atoms with van der Waals surface area (Å²) in [4.78, 5) is 10.2. The van der Waals surface area contributed by atoms with Crippen LogP contribution in [0.4, 0.5) is 0 Å². The van der Waals surface area contributed by atoms with Crippen LogP contribution in [0.2, 0.25) is 5.02 Å². The lowest BCUT2D eigenvalue weighted by atomic mass is 10.1. The average Bonchev–Trinajstić information content (AvgIpc) is 2.20. The van der Waals surface area contributed by atoms with Gasteiger partial charge in [0.25, 0.3) is 0 Å². The Morgan fingerprint density at radius 1 is 1.44 bits per heavy atom. The van der Waals surface area contributed by atoms with Gasteiger partial charge in [-0.25, -0.2) is 4.79 Å². The van der Waals surface area contributed by atoms with Gasteiger partial charge in [-0.1, -0.05) is 11.6 Å². The normalized spacial score (nSPS) is 10.7. The second-order valence-corrected chi connectivity index (χ2v) is 3.80. The molecular formula is C12H13ClO3. The van der Waals surface area contributed by atoms with Gasteiger partial charge in [0.1, 0.15) is 12.4 Å². The van der Waals surface area contributed by atoms with Crippen molar-refractivity contribution < 1.29 is 14.6 Å². The Bertz CT molecular complexity index is 401. The predicted octanol–water partition coefficient (Wildman–Crippen LogP) is 2.98. The molecule has 0 aromatic heterocycles. The van der Waals surface area contributed by atoms with Crippen molar-refractivity contribution in [3.63, 3.8) is 0 Å². The highest BCUT2D eigenvalue weighted by molar-refractivity contribution is 6.32. The number of carboxylic acids is 1. The standard InChI is InChI=1S/C12H13ClO3/c1-8-6-10(7-9(2)12(8)13)16-5-3-4-11(14)15/h3-4,6-7H,5H2,1-2H3,(H,14,15)/b4-3+. The topological polar surface area (TPSA) is 46.5 Å². The summed E-state index contributed by atoms with van der Waals surface area (Å²) < 4.78 is 5.36. The van der Waals surface area contributed by atoms with Crippen LogP contribution in [0.1, 0.15) is 11.1 Å². The zero-order chi connectivity index (χ0) is 12.1. The molecule has 86 valence electrons. The summed E-state index contributed by atoms with van der Waals surface area (Å²) in [6, 6.07) is 3.65. The Kier molecular flexibility index (Phi) is 4.38. The van der Waals surface area contributed by atoms with Crippen molar-refractivity contribution >= 4 is 17.6 Å². The van der Waals surface area contributed by atoms with E-state index in [1.807, 2.05) is 26.0 Å². The summed E-state index contributed by atoms with van der Waals surface area (Å²) in [7, 11) is 0. The summed E-state index contributed by atoms with van der Waals surface area (Å²) in [5.41, 5.74) is 1.89. The van der Waals surface area contributed by atoms with Crippen molar-refractivity contribution in [1.29, 1.82) is 0 Å². The van der Waals surface area contributed by atoms with Crippen LogP contribution < -0.4 is 4.74 Å². The molecular weight excluding hydrogens is 228 g/mol. The lowest BCUT2D eigenvalue weighted by Gasteiger charge is -2.08. The van der Waals surface area contributed by atoms with E-state index in [1.165, 1.54) is 6.08 Å². The van der Waals surface area contributed by atoms with Crippen LogP contribution in [0.3, 0.4) is 0 Å². The zero-order valence-corrected chi connectivity index (χ0v) is 9.91. The lowest BCUT2D eigenvalue weighted by molar-refractivity contribution is -0.131. The molecule has 0 bridgehead atoms. The number of hydrogen-bond acceptors (Lipinski definition) is 2. The van der Waals surface area contributed by atoms with Gasteiger partial charge in [0.2, 0.25) is 0 Å². The molecule has 1 rings (SSSR count). The maximum atomic E-state index is 10.2. The maximum Gasteiger partial charge on any atom is 0.328 e. The molecule has 0 saturated carbocycles. The number of ether oxygens (including phenoxy) is 1. The first kappa shape index (κ1) is 12.6. The smallest absolute Gasteiger partial charge is 0.328 e. The number of aliphatic carboxylic acids is 1. The fourth-order valence-corrected chi connectivity index (χ4v) is 1.39. The molecule has 0 aliphatic rings. The van der Waals surface area contributed by atoms with E-state index in [1.54, 1.807) is 0 Å². The Hall–Kier alpha value is -1.48. The third-order valence-corrected chi connectivity index (χ3v) is 2.61. The Morgan fingerprint density at radius 3 is 2.50 bits per heavy atom. The number of benzene rings is 1. The van der Waals surface area contributed by atoms with Crippen molar-refractivity contribution in [2.24, 2.45) is 0 Å². The molecule has 4 heteroatoms. The molecule has 0 fully saturated rings. The van der Waals surface area contributed by atoms with Crippen molar-refractivity contribution in [1.82, 2.24) is 0 Å². The highest BCUT2D eigenvalue weighted by atomic mass is 35.5. The molecule has 0 saturated heterocycles. The molecule has 1 aromatic rings. The molecule has 1 aromatic carbocycles. The van der Waals surface area contributed by atoms with Gasteiger partial charge >= 0.3 is 5.97 Å². The van der Waals surface area contributed by atoms with E-state index < -0.39 is 5.97 Å². The Morgan fingerprint density at radius 2 is 2.00 bits per heavy atom. The minimum atomic E-state index is -0.980. The number of rotatable bonds is 4. The summed E-state index contributed by atoms with van der Waals surface area (Å²) in [5.74, 6) is -0.290. The number of aryl methyl sites for hydroxylation is 2. The molecule has 0 atom stereocenters. The van der Waals surface area contributed by atoms with Crippen molar-refractivity contribution in [2.75, 3.05) is 6.61 Å². The molecule has 16 heavy (non-hydrogen) atoms. The maximum absolute atomic E-state index is 10.2. The summed E-state index contributed by atoms with van der Waals surface area (Å²) >= 11 is 6.01. The fourth-order valence-electron chi connectivity index (χ4n) is 1.28.